The van der Waals surface area contributed by atoms with Crippen molar-refractivity contribution < 1.29 is 9.90 Å². The van der Waals surface area contributed by atoms with Crippen LogP contribution in [-0.4, -0.2) is 17.2 Å². The van der Waals surface area contributed by atoms with Gasteiger partial charge in [-0.2, -0.15) is 5.10 Å². The third-order valence-electron chi connectivity index (χ3n) is 4.66. The molecule has 0 atom stereocenters. The molecule has 1 amide bonds. The summed E-state index contributed by atoms with van der Waals surface area (Å²) >= 11 is 5.97. The molecule has 0 radical (unpaired) electrons. The van der Waals surface area contributed by atoms with Crippen LogP contribution in [0, 0.1) is 0 Å². The van der Waals surface area contributed by atoms with Crippen molar-refractivity contribution in [2.45, 2.75) is 13.1 Å². The van der Waals surface area contributed by atoms with Gasteiger partial charge >= 0.3 is 0 Å². The normalized spacial score (nSPS) is 13.0. The zero-order valence-corrected chi connectivity index (χ0v) is 15.7. The summed E-state index contributed by atoms with van der Waals surface area (Å²) in [5, 5.41) is 14.0. The van der Waals surface area contributed by atoms with E-state index in [1.807, 2.05) is 42.5 Å². The average molecular weight is 392 g/mol. The van der Waals surface area contributed by atoms with E-state index in [2.05, 4.69) is 15.4 Å². The number of fused-ring (bicyclic) bond motifs is 1. The molecule has 3 aromatic carbocycles. The minimum absolute atomic E-state index is 0.187. The molecule has 3 aromatic rings. The van der Waals surface area contributed by atoms with Crippen molar-refractivity contribution >= 4 is 29.4 Å². The molecule has 1 aliphatic rings. The SMILES string of the molecule is O=C(N/N=C/c1ccc(O)cc1)c1ccc2c(c1)CN(c1ccc(Cl)cc1)C2. The second-order valence-corrected chi connectivity index (χ2v) is 7.04. The van der Waals surface area contributed by atoms with E-state index in [1.54, 1.807) is 24.3 Å². The minimum Gasteiger partial charge on any atom is -0.508 e. The fourth-order valence-corrected chi connectivity index (χ4v) is 3.29. The summed E-state index contributed by atoms with van der Waals surface area (Å²) in [6.45, 7) is 1.55. The molecule has 2 N–H and O–H groups in total. The molecular weight excluding hydrogens is 374 g/mol. The Bertz CT molecular complexity index is 1030. The van der Waals surface area contributed by atoms with Gasteiger partial charge in [0.1, 0.15) is 5.75 Å². The molecule has 0 fully saturated rings. The van der Waals surface area contributed by atoms with Gasteiger partial charge in [0.2, 0.25) is 0 Å². The molecule has 0 aromatic heterocycles. The van der Waals surface area contributed by atoms with Crippen molar-refractivity contribution in [3.05, 3.63) is 94.0 Å². The van der Waals surface area contributed by atoms with Gasteiger partial charge in [0, 0.05) is 29.4 Å². The van der Waals surface area contributed by atoms with Crippen LogP contribution in [0.1, 0.15) is 27.0 Å². The Hall–Kier alpha value is -3.31. The smallest absolute Gasteiger partial charge is 0.271 e. The lowest BCUT2D eigenvalue weighted by molar-refractivity contribution is 0.0955. The Kier molecular flexibility index (Phi) is 5.00. The van der Waals surface area contributed by atoms with Crippen LogP contribution in [0.3, 0.4) is 0 Å². The number of halogens is 1. The number of nitrogens with zero attached hydrogens (tertiary/aromatic N) is 2. The van der Waals surface area contributed by atoms with Crippen LogP contribution in [0.4, 0.5) is 5.69 Å². The minimum atomic E-state index is -0.261. The van der Waals surface area contributed by atoms with E-state index in [9.17, 15) is 9.90 Å². The van der Waals surface area contributed by atoms with Gasteiger partial charge in [-0.05, 0) is 77.4 Å². The highest BCUT2D eigenvalue weighted by Crippen LogP contribution is 2.29. The van der Waals surface area contributed by atoms with Crippen molar-refractivity contribution in [1.29, 1.82) is 0 Å². The summed E-state index contributed by atoms with van der Waals surface area (Å²) in [6.07, 6.45) is 1.53. The number of rotatable bonds is 4. The van der Waals surface area contributed by atoms with E-state index in [-0.39, 0.29) is 11.7 Å². The van der Waals surface area contributed by atoms with E-state index < -0.39 is 0 Å². The lowest BCUT2D eigenvalue weighted by Gasteiger charge is -2.17. The standard InChI is InChI=1S/C22H18ClN3O2/c23-19-5-7-20(8-6-19)26-13-17-4-3-16(11-18(17)14-26)22(28)25-24-12-15-1-9-21(27)10-2-15/h1-12,27H,13-14H2,(H,25,28)/b24-12+. The molecule has 5 nitrogen and oxygen atoms in total. The van der Waals surface area contributed by atoms with E-state index >= 15 is 0 Å². The maximum absolute atomic E-state index is 12.4. The summed E-state index contributed by atoms with van der Waals surface area (Å²) in [5.74, 6) is -0.0743. The number of hydrogen-bond donors (Lipinski definition) is 2. The second-order valence-electron chi connectivity index (χ2n) is 6.61. The summed E-state index contributed by atoms with van der Waals surface area (Å²) < 4.78 is 0. The molecule has 6 heteroatoms. The zero-order valence-electron chi connectivity index (χ0n) is 15.0. The van der Waals surface area contributed by atoms with Gasteiger partial charge in [-0.3, -0.25) is 4.79 Å². The maximum Gasteiger partial charge on any atom is 0.271 e. The van der Waals surface area contributed by atoms with Gasteiger partial charge in [0.05, 0.1) is 6.21 Å². The van der Waals surface area contributed by atoms with Gasteiger partial charge in [-0.15, -0.1) is 0 Å². The Morgan fingerprint density at radius 1 is 1.00 bits per heavy atom. The predicted molar refractivity (Wildman–Crippen MR) is 111 cm³/mol. The van der Waals surface area contributed by atoms with Gasteiger partial charge in [-0.25, -0.2) is 5.43 Å². The zero-order chi connectivity index (χ0) is 19.5. The Labute approximate surface area is 167 Å². The van der Waals surface area contributed by atoms with Crippen molar-refractivity contribution in [1.82, 2.24) is 5.43 Å². The molecule has 1 aliphatic heterocycles. The molecule has 28 heavy (non-hydrogen) atoms. The van der Waals surface area contributed by atoms with Crippen molar-refractivity contribution in [2.24, 2.45) is 5.10 Å². The van der Waals surface area contributed by atoms with Crippen LogP contribution < -0.4 is 10.3 Å². The number of aromatic hydroxyl groups is 1. The van der Waals surface area contributed by atoms with Crippen LogP contribution in [0.5, 0.6) is 5.75 Å². The third kappa shape index (κ3) is 4.00. The number of carbonyl (C=O) groups is 1. The fraction of sp³-hybridized carbons (Fsp3) is 0.0909. The summed E-state index contributed by atoms with van der Waals surface area (Å²) in [7, 11) is 0. The number of hydrazone groups is 1. The number of nitrogens with one attached hydrogen (secondary N) is 1. The van der Waals surface area contributed by atoms with Crippen LogP contribution in [0.25, 0.3) is 0 Å². The topological polar surface area (TPSA) is 64.9 Å². The predicted octanol–water partition coefficient (Wildman–Crippen LogP) is 4.33. The largest absolute Gasteiger partial charge is 0.508 e. The highest BCUT2D eigenvalue weighted by Gasteiger charge is 2.20. The Morgan fingerprint density at radius 2 is 1.71 bits per heavy atom. The summed E-state index contributed by atoms with van der Waals surface area (Å²) in [4.78, 5) is 14.6. The Morgan fingerprint density at radius 3 is 2.46 bits per heavy atom. The molecule has 140 valence electrons. The van der Waals surface area contributed by atoms with Gasteiger partial charge in [-0.1, -0.05) is 17.7 Å². The van der Waals surface area contributed by atoms with Crippen molar-refractivity contribution in [3.8, 4) is 5.75 Å². The molecule has 0 aliphatic carbocycles. The van der Waals surface area contributed by atoms with E-state index in [0.717, 1.165) is 29.9 Å². The summed E-state index contributed by atoms with van der Waals surface area (Å²) in [5.41, 5.74) is 7.33. The van der Waals surface area contributed by atoms with Gasteiger partial charge < -0.3 is 10.0 Å². The third-order valence-corrected chi connectivity index (χ3v) is 4.91. The first-order chi connectivity index (χ1) is 13.6. The number of amides is 1. The van der Waals surface area contributed by atoms with Crippen LogP contribution in [0.15, 0.2) is 71.8 Å². The first-order valence-electron chi connectivity index (χ1n) is 8.83. The van der Waals surface area contributed by atoms with E-state index in [4.69, 9.17) is 11.6 Å². The first kappa shape index (κ1) is 18.1. The van der Waals surface area contributed by atoms with Crippen LogP contribution >= 0.6 is 11.6 Å². The molecule has 0 spiro atoms. The first-order valence-corrected chi connectivity index (χ1v) is 9.21. The summed E-state index contributed by atoms with van der Waals surface area (Å²) in [6, 6.07) is 20.0. The Balaban J connectivity index is 1.42. The number of phenols is 1. The number of carbonyl (C=O) groups excluding carboxylic acids is 1. The quantitative estimate of drug-likeness (QED) is 0.514. The molecule has 4 rings (SSSR count). The second kappa shape index (κ2) is 7.74. The lowest BCUT2D eigenvalue weighted by atomic mass is 10.1. The van der Waals surface area contributed by atoms with Crippen LogP contribution in [0.2, 0.25) is 5.02 Å². The number of phenolic OH excluding ortho intramolecular Hbond substituents is 1. The van der Waals surface area contributed by atoms with E-state index in [0.29, 0.717) is 10.6 Å². The monoisotopic (exact) mass is 391 g/mol. The van der Waals surface area contributed by atoms with Gasteiger partial charge in [0.15, 0.2) is 0 Å². The van der Waals surface area contributed by atoms with Gasteiger partial charge in [0.25, 0.3) is 5.91 Å². The van der Waals surface area contributed by atoms with Crippen LogP contribution in [-0.2, 0) is 13.1 Å². The lowest BCUT2D eigenvalue weighted by Crippen LogP contribution is -2.17. The van der Waals surface area contributed by atoms with E-state index in [1.165, 1.54) is 11.8 Å². The molecule has 0 saturated heterocycles. The highest BCUT2D eigenvalue weighted by atomic mass is 35.5. The fourth-order valence-electron chi connectivity index (χ4n) is 3.16. The molecule has 0 bridgehead atoms. The van der Waals surface area contributed by atoms with Crippen molar-refractivity contribution in [2.75, 3.05) is 4.90 Å². The maximum atomic E-state index is 12.4. The molecule has 1 heterocycles. The highest BCUT2D eigenvalue weighted by molar-refractivity contribution is 6.30. The molecule has 0 saturated carbocycles. The van der Waals surface area contributed by atoms with Crippen molar-refractivity contribution in [3.63, 3.8) is 0 Å². The number of hydrogen-bond acceptors (Lipinski definition) is 4. The molecular formula is C22H18ClN3O2. The average Bonchev–Trinajstić information content (AvgIpc) is 3.13. The number of benzene rings is 3. The number of anilines is 1. The molecule has 0 unspecified atom stereocenters.